The molecule has 0 aromatic carbocycles. The molecule has 0 fully saturated rings. The molecule has 0 saturated heterocycles. The molecule has 0 unspecified atom stereocenters. The summed E-state index contributed by atoms with van der Waals surface area (Å²) in [6.45, 7) is 1.70. The molecule has 0 aliphatic heterocycles. The molecule has 1 rings (SSSR count). The third kappa shape index (κ3) is 4.05. The molecular weight excluding hydrogens is 192 g/mol. The number of aldehydes is 1. The highest BCUT2D eigenvalue weighted by molar-refractivity contribution is 5.73. The first-order valence-electron chi connectivity index (χ1n) is 4.38. The molecule has 0 aliphatic rings. The number of rotatable bonds is 2. The molecule has 1 amide bonds. The third-order valence-electron chi connectivity index (χ3n) is 1.53. The Morgan fingerprint density at radius 2 is 2.40 bits per heavy atom. The number of aromatic nitrogens is 1. The SMILES string of the molecule is CC(=O)NCC#Cc1cccc(C=O)n1. The van der Waals surface area contributed by atoms with E-state index in [1.165, 1.54) is 6.92 Å². The molecule has 1 heterocycles. The summed E-state index contributed by atoms with van der Waals surface area (Å²) in [6, 6.07) is 5.01. The van der Waals surface area contributed by atoms with Gasteiger partial charge in [-0.3, -0.25) is 9.59 Å². The van der Waals surface area contributed by atoms with E-state index in [0.29, 0.717) is 17.7 Å². The van der Waals surface area contributed by atoms with Crippen molar-refractivity contribution in [3.63, 3.8) is 0 Å². The lowest BCUT2D eigenvalue weighted by Gasteiger charge is -1.92. The first-order chi connectivity index (χ1) is 7.22. The molecule has 0 spiro atoms. The monoisotopic (exact) mass is 202 g/mol. The van der Waals surface area contributed by atoms with Crippen LogP contribution in [0.2, 0.25) is 0 Å². The number of carbonyl (C=O) groups excluding carboxylic acids is 2. The van der Waals surface area contributed by atoms with Crippen molar-refractivity contribution in [1.29, 1.82) is 0 Å². The van der Waals surface area contributed by atoms with Crippen LogP contribution in [-0.2, 0) is 4.79 Å². The quantitative estimate of drug-likeness (QED) is 0.557. The van der Waals surface area contributed by atoms with Crippen molar-refractivity contribution in [2.24, 2.45) is 0 Å². The largest absolute Gasteiger partial charge is 0.345 e. The fraction of sp³-hybridized carbons (Fsp3) is 0.182. The van der Waals surface area contributed by atoms with Crippen LogP contribution in [0.5, 0.6) is 0 Å². The highest BCUT2D eigenvalue weighted by atomic mass is 16.1. The predicted molar refractivity (Wildman–Crippen MR) is 55.2 cm³/mol. The first kappa shape index (κ1) is 10.9. The summed E-state index contributed by atoms with van der Waals surface area (Å²) in [5.74, 6) is 5.34. The second kappa shape index (κ2) is 5.55. The van der Waals surface area contributed by atoms with Crippen LogP contribution in [0, 0.1) is 11.8 Å². The lowest BCUT2D eigenvalue weighted by atomic mass is 10.3. The second-order valence-electron chi connectivity index (χ2n) is 2.78. The zero-order chi connectivity index (χ0) is 11.1. The van der Waals surface area contributed by atoms with Crippen LogP contribution in [0.1, 0.15) is 23.1 Å². The van der Waals surface area contributed by atoms with Crippen molar-refractivity contribution >= 4 is 12.2 Å². The second-order valence-corrected chi connectivity index (χ2v) is 2.78. The normalized spacial score (nSPS) is 8.60. The van der Waals surface area contributed by atoms with Crippen molar-refractivity contribution in [1.82, 2.24) is 10.3 Å². The molecule has 0 bridgehead atoms. The highest BCUT2D eigenvalue weighted by Gasteiger charge is 1.91. The van der Waals surface area contributed by atoms with Gasteiger partial charge in [0.05, 0.1) is 6.54 Å². The van der Waals surface area contributed by atoms with Gasteiger partial charge >= 0.3 is 0 Å². The Kier molecular flexibility index (Phi) is 4.05. The number of nitrogens with one attached hydrogen (secondary N) is 1. The molecule has 1 aromatic rings. The van der Waals surface area contributed by atoms with E-state index in [2.05, 4.69) is 22.1 Å². The molecule has 1 aromatic heterocycles. The summed E-state index contributed by atoms with van der Waals surface area (Å²) in [7, 11) is 0. The lowest BCUT2D eigenvalue weighted by molar-refractivity contribution is -0.118. The number of hydrogen-bond donors (Lipinski definition) is 1. The summed E-state index contributed by atoms with van der Waals surface area (Å²) in [6.07, 6.45) is 0.666. The van der Waals surface area contributed by atoms with E-state index < -0.39 is 0 Å². The lowest BCUT2D eigenvalue weighted by Crippen LogP contribution is -2.19. The summed E-state index contributed by atoms with van der Waals surface area (Å²) in [5.41, 5.74) is 0.867. The van der Waals surface area contributed by atoms with Crippen LogP contribution in [0.4, 0.5) is 0 Å². The number of amides is 1. The van der Waals surface area contributed by atoms with Crippen molar-refractivity contribution in [3.8, 4) is 11.8 Å². The smallest absolute Gasteiger partial charge is 0.217 e. The van der Waals surface area contributed by atoms with Crippen LogP contribution in [0.25, 0.3) is 0 Å². The van der Waals surface area contributed by atoms with E-state index in [1.54, 1.807) is 18.2 Å². The van der Waals surface area contributed by atoms with Crippen LogP contribution in [0.3, 0.4) is 0 Å². The van der Waals surface area contributed by atoms with Gasteiger partial charge in [0.2, 0.25) is 5.91 Å². The van der Waals surface area contributed by atoms with Gasteiger partial charge in [0, 0.05) is 6.92 Å². The van der Waals surface area contributed by atoms with Crippen molar-refractivity contribution in [2.75, 3.05) is 6.54 Å². The van der Waals surface area contributed by atoms with E-state index in [0.717, 1.165) is 0 Å². The van der Waals surface area contributed by atoms with Gasteiger partial charge in [-0.05, 0) is 18.1 Å². The maximum Gasteiger partial charge on any atom is 0.217 e. The maximum absolute atomic E-state index is 10.5. The van der Waals surface area contributed by atoms with Gasteiger partial charge < -0.3 is 5.32 Å². The fourth-order valence-corrected chi connectivity index (χ4v) is 0.890. The minimum Gasteiger partial charge on any atom is -0.345 e. The highest BCUT2D eigenvalue weighted by Crippen LogP contribution is 1.94. The van der Waals surface area contributed by atoms with Gasteiger partial charge in [0.1, 0.15) is 11.4 Å². The summed E-state index contributed by atoms with van der Waals surface area (Å²) >= 11 is 0. The molecule has 0 atom stereocenters. The van der Waals surface area contributed by atoms with Crippen molar-refractivity contribution in [2.45, 2.75) is 6.92 Å². The summed E-state index contributed by atoms with van der Waals surface area (Å²) < 4.78 is 0. The molecule has 15 heavy (non-hydrogen) atoms. The van der Waals surface area contributed by atoms with Crippen LogP contribution >= 0.6 is 0 Å². The average molecular weight is 202 g/mol. The Morgan fingerprint density at radius 1 is 1.60 bits per heavy atom. The molecule has 0 aliphatic carbocycles. The molecule has 1 N–H and O–H groups in total. The standard InChI is InChI=1S/C11H10N2O2/c1-9(15)12-7-3-6-10-4-2-5-11(8-14)13-10/h2,4-5,8H,7H2,1H3,(H,12,15). The van der Waals surface area contributed by atoms with Gasteiger partial charge in [-0.15, -0.1) is 0 Å². The zero-order valence-electron chi connectivity index (χ0n) is 8.28. The molecular formula is C11H10N2O2. The average Bonchev–Trinajstić information content (AvgIpc) is 2.24. The van der Waals surface area contributed by atoms with Crippen molar-refractivity contribution in [3.05, 3.63) is 29.6 Å². The van der Waals surface area contributed by atoms with Crippen LogP contribution < -0.4 is 5.32 Å². The Morgan fingerprint density at radius 3 is 3.07 bits per heavy atom. The zero-order valence-corrected chi connectivity index (χ0v) is 8.28. The van der Waals surface area contributed by atoms with Gasteiger partial charge in [-0.2, -0.15) is 0 Å². The van der Waals surface area contributed by atoms with Crippen LogP contribution in [-0.4, -0.2) is 23.7 Å². The maximum atomic E-state index is 10.5. The summed E-state index contributed by atoms with van der Waals surface area (Å²) in [4.78, 5) is 24.9. The van der Waals surface area contributed by atoms with E-state index in [1.807, 2.05) is 0 Å². The Labute approximate surface area is 87.7 Å². The molecule has 76 valence electrons. The van der Waals surface area contributed by atoms with E-state index in [4.69, 9.17) is 0 Å². The topological polar surface area (TPSA) is 59.1 Å². The van der Waals surface area contributed by atoms with Gasteiger partial charge in [-0.25, -0.2) is 4.98 Å². The van der Waals surface area contributed by atoms with Crippen molar-refractivity contribution < 1.29 is 9.59 Å². The van der Waals surface area contributed by atoms with E-state index >= 15 is 0 Å². The van der Waals surface area contributed by atoms with Gasteiger partial charge in [0.15, 0.2) is 6.29 Å². The molecule has 0 saturated carbocycles. The Bertz CT molecular complexity index is 430. The fourth-order valence-electron chi connectivity index (χ4n) is 0.890. The summed E-state index contributed by atoms with van der Waals surface area (Å²) in [5, 5.41) is 2.53. The molecule has 4 nitrogen and oxygen atoms in total. The number of nitrogens with zero attached hydrogens (tertiary/aromatic N) is 1. The molecule has 0 radical (unpaired) electrons. The predicted octanol–water partition coefficient (Wildman–Crippen LogP) is 0.382. The van der Waals surface area contributed by atoms with Gasteiger partial charge in [0.25, 0.3) is 0 Å². The minimum absolute atomic E-state index is 0.126. The first-order valence-corrected chi connectivity index (χ1v) is 4.38. The minimum atomic E-state index is -0.126. The third-order valence-corrected chi connectivity index (χ3v) is 1.53. The number of hydrogen-bond acceptors (Lipinski definition) is 3. The van der Waals surface area contributed by atoms with E-state index in [9.17, 15) is 9.59 Å². The van der Waals surface area contributed by atoms with Crippen LogP contribution in [0.15, 0.2) is 18.2 Å². The number of pyridine rings is 1. The van der Waals surface area contributed by atoms with E-state index in [-0.39, 0.29) is 12.5 Å². The van der Waals surface area contributed by atoms with Gasteiger partial charge in [-0.1, -0.05) is 12.0 Å². The molecule has 4 heteroatoms. The Balaban J connectivity index is 2.63. The number of carbonyl (C=O) groups is 2. The Hall–Kier alpha value is -2.15.